The van der Waals surface area contributed by atoms with E-state index >= 15 is 0 Å². The minimum Gasteiger partial charge on any atom is -0.493 e. The molecule has 37 heavy (non-hydrogen) atoms. The van der Waals surface area contributed by atoms with E-state index in [1.807, 2.05) is 18.2 Å². The molecular weight excluding hydrogens is 496 g/mol. The number of rotatable bonds is 8. The number of aromatic nitrogens is 3. The molecule has 0 atom stereocenters. The average Bonchev–Trinajstić information content (AvgIpc) is 2.90. The third kappa shape index (κ3) is 6.31. The van der Waals surface area contributed by atoms with Crippen LogP contribution in [0.2, 0.25) is 0 Å². The number of anilines is 3. The van der Waals surface area contributed by atoms with Crippen molar-refractivity contribution in [2.24, 2.45) is 0 Å². The molecule has 0 bridgehead atoms. The Balaban J connectivity index is 1.35. The Morgan fingerprint density at radius 1 is 1.11 bits per heavy atom. The van der Waals surface area contributed by atoms with Gasteiger partial charge >= 0.3 is 0 Å². The summed E-state index contributed by atoms with van der Waals surface area (Å²) in [5.74, 6) is 2.71. The second-order valence-corrected chi connectivity index (χ2v) is 11.1. The van der Waals surface area contributed by atoms with Gasteiger partial charge in [0.05, 0.1) is 49.4 Å². The third-order valence-corrected chi connectivity index (χ3v) is 7.16. The summed E-state index contributed by atoms with van der Waals surface area (Å²) in [6, 6.07) is 7.65. The first-order valence-corrected chi connectivity index (χ1v) is 14.3. The molecule has 2 aliphatic rings. The number of morpholine rings is 1. The zero-order valence-corrected chi connectivity index (χ0v) is 21.8. The number of fused-ring (bicyclic) bond motifs is 1. The molecule has 12 heteroatoms. The monoisotopic (exact) mass is 528 g/mol. The topological polar surface area (TPSA) is 128 Å². The summed E-state index contributed by atoms with van der Waals surface area (Å²) in [5, 5.41) is 4.17. The second kappa shape index (κ2) is 10.9. The van der Waals surface area contributed by atoms with E-state index in [0.29, 0.717) is 35.7 Å². The molecule has 3 aromatic heterocycles. The fraction of sp³-hybridized carbons (Fsp3) is 0.480. The fourth-order valence-corrected chi connectivity index (χ4v) is 5.27. The Morgan fingerprint density at radius 2 is 1.89 bits per heavy atom. The van der Waals surface area contributed by atoms with Crippen LogP contribution in [-0.2, 0) is 14.8 Å². The van der Waals surface area contributed by atoms with Gasteiger partial charge in [-0.05, 0) is 43.9 Å². The Hall–Kier alpha value is -3.38. The predicted octanol–water partition coefficient (Wildman–Crippen LogP) is 3.04. The lowest BCUT2D eigenvalue weighted by Crippen LogP contribution is -2.37. The third-order valence-electron chi connectivity index (χ3n) is 6.55. The maximum atomic E-state index is 11.8. The second-order valence-electron chi connectivity index (χ2n) is 9.34. The first-order chi connectivity index (χ1) is 17.9. The van der Waals surface area contributed by atoms with Gasteiger partial charge in [0, 0.05) is 31.4 Å². The van der Waals surface area contributed by atoms with E-state index < -0.39 is 10.0 Å². The minimum atomic E-state index is -3.44. The minimum absolute atomic E-state index is 0.0224. The van der Waals surface area contributed by atoms with Crippen LogP contribution in [0.4, 0.5) is 17.3 Å². The Kier molecular flexibility index (Phi) is 7.47. The lowest BCUT2D eigenvalue weighted by molar-refractivity contribution is 0.122. The predicted molar refractivity (Wildman–Crippen MR) is 142 cm³/mol. The van der Waals surface area contributed by atoms with Gasteiger partial charge in [-0.25, -0.2) is 13.4 Å². The van der Waals surface area contributed by atoms with Crippen molar-refractivity contribution in [3.8, 4) is 11.6 Å². The summed E-state index contributed by atoms with van der Waals surface area (Å²) in [6.45, 7) is 2.75. The highest BCUT2D eigenvalue weighted by atomic mass is 32.2. The zero-order chi connectivity index (χ0) is 25.8. The van der Waals surface area contributed by atoms with Crippen molar-refractivity contribution in [3.63, 3.8) is 0 Å². The van der Waals surface area contributed by atoms with Crippen molar-refractivity contribution in [1.82, 2.24) is 15.0 Å². The molecule has 11 nitrogen and oxygen atoms in total. The molecule has 0 amide bonds. The van der Waals surface area contributed by atoms with E-state index in [1.54, 1.807) is 19.4 Å². The van der Waals surface area contributed by atoms with E-state index in [9.17, 15) is 8.42 Å². The molecule has 5 rings (SSSR count). The van der Waals surface area contributed by atoms with Crippen LogP contribution >= 0.6 is 0 Å². The summed E-state index contributed by atoms with van der Waals surface area (Å²) < 4.78 is 43.4. The fourth-order valence-electron chi connectivity index (χ4n) is 4.73. The van der Waals surface area contributed by atoms with Gasteiger partial charge in [0.25, 0.3) is 0 Å². The van der Waals surface area contributed by atoms with Crippen LogP contribution in [-0.4, -0.2) is 75.2 Å². The summed E-state index contributed by atoms with van der Waals surface area (Å²) in [7, 11) is -1.80. The Bertz CT molecular complexity index is 1340. The van der Waals surface area contributed by atoms with Crippen LogP contribution in [0.5, 0.6) is 11.6 Å². The van der Waals surface area contributed by atoms with Gasteiger partial charge in [-0.3, -0.25) is 9.71 Å². The van der Waals surface area contributed by atoms with Crippen LogP contribution < -0.4 is 24.4 Å². The van der Waals surface area contributed by atoms with Crippen molar-refractivity contribution >= 4 is 38.2 Å². The number of hydrogen-bond donors (Lipinski definition) is 2. The molecule has 4 heterocycles. The van der Waals surface area contributed by atoms with E-state index in [-0.39, 0.29) is 12.1 Å². The Labute approximate surface area is 216 Å². The highest BCUT2D eigenvalue weighted by Crippen LogP contribution is 2.33. The van der Waals surface area contributed by atoms with E-state index in [4.69, 9.17) is 19.2 Å². The van der Waals surface area contributed by atoms with Crippen LogP contribution in [0, 0.1) is 0 Å². The largest absolute Gasteiger partial charge is 0.493 e. The number of nitrogens with one attached hydrogen (secondary N) is 2. The molecule has 2 fully saturated rings. The molecule has 0 aromatic carbocycles. The number of pyridine rings is 3. The van der Waals surface area contributed by atoms with Gasteiger partial charge in [0.1, 0.15) is 11.9 Å². The molecule has 0 spiro atoms. The number of ether oxygens (including phenoxy) is 3. The van der Waals surface area contributed by atoms with Gasteiger partial charge in [0.15, 0.2) is 11.6 Å². The van der Waals surface area contributed by atoms with Crippen molar-refractivity contribution in [2.45, 2.75) is 37.8 Å². The number of hydrogen-bond acceptors (Lipinski definition) is 10. The van der Waals surface area contributed by atoms with E-state index in [0.717, 1.165) is 62.4 Å². The molecule has 0 unspecified atom stereocenters. The molecule has 1 aliphatic heterocycles. The quantitative estimate of drug-likeness (QED) is 0.450. The van der Waals surface area contributed by atoms with Crippen molar-refractivity contribution in [3.05, 3.63) is 36.7 Å². The van der Waals surface area contributed by atoms with Gasteiger partial charge in [-0.1, -0.05) is 0 Å². The number of sulfonamides is 1. The molecule has 1 saturated carbocycles. The average molecular weight is 529 g/mol. The number of methoxy groups -OCH3 is 1. The zero-order valence-electron chi connectivity index (χ0n) is 21.0. The van der Waals surface area contributed by atoms with Crippen molar-refractivity contribution in [1.29, 1.82) is 0 Å². The molecule has 1 aliphatic carbocycles. The smallest absolute Gasteiger partial charge is 0.229 e. The lowest BCUT2D eigenvalue weighted by Gasteiger charge is -2.31. The highest BCUT2D eigenvalue weighted by Gasteiger charge is 2.25. The van der Waals surface area contributed by atoms with Crippen molar-refractivity contribution < 1.29 is 22.6 Å². The normalized spacial score (nSPS) is 20.4. The van der Waals surface area contributed by atoms with Gasteiger partial charge in [-0.15, -0.1) is 0 Å². The van der Waals surface area contributed by atoms with Crippen LogP contribution in [0.15, 0.2) is 36.7 Å². The van der Waals surface area contributed by atoms with E-state index in [2.05, 4.69) is 24.9 Å². The molecule has 1 saturated heterocycles. The van der Waals surface area contributed by atoms with Gasteiger partial charge < -0.3 is 24.4 Å². The summed E-state index contributed by atoms with van der Waals surface area (Å²) in [5.41, 5.74) is 1.07. The summed E-state index contributed by atoms with van der Waals surface area (Å²) >= 11 is 0. The van der Waals surface area contributed by atoms with Crippen LogP contribution in [0.3, 0.4) is 0 Å². The van der Waals surface area contributed by atoms with Gasteiger partial charge in [-0.2, -0.15) is 4.98 Å². The van der Waals surface area contributed by atoms with Crippen LogP contribution in [0.25, 0.3) is 10.9 Å². The summed E-state index contributed by atoms with van der Waals surface area (Å²) in [6.07, 6.45) is 7.85. The van der Waals surface area contributed by atoms with Gasteiger partial charge in [0.2, 0.25) is 15.9 Å². The van der Waals surface area contributed by atoms with E-state index in [1.165, 1.54) is 6.20 Å². The first kappa shape index (κ1) is 25.3. The number of nitrogens with zero attached hydrogens (tertiary/aromatic N) is 4. The van der Waals surface area contributed by atoms with Crippen LogP contribution in [0.1, 0.15) is 25.7 Å². The standard InChI is InChI=1S/C25H32N6O5S/c1-34-22-4-3-9-26-24(22)28-17-5-7-19(8-6-17)36-25-20-14-18(30-37(2,32)33)16-27-21(20)15-23(29-25)31-10-12-35-13-11-31/h3-4,9,14-17,19,30H,5-8,10-13H2,1-2H3,(H,26,28). The van der Waals surface area contributed by atoms with Crippen molar-refractivity contribution in [2.75, 3.05) is 54.6 Å². The molecular formula is C25H32N6O5S. The molecule has 3 aromatic rings. The molecule has 0 radical (unpaired) electrons. The Morgan fingerprint density at radius 3 is 2.62 bits per heavy atom. The maximum Gasteiger partial charge on any atom is 0.229 e. The SMILES string of the molecule is COc1cccnc1NC1CCC(Oc2nc(N3CCOCC3)cc3ncc(NS(C)(=O)=O)cc23)CC1. The highest BCUT2D eigenvalue weighted by molar-refractivity contribution is 7.92. The molecule has 2 N–H and O–H groups in total. The lowest BCUT2D eigenvalue weighted by atomic mass is 9.93. The molecule has 198 valence electrons. The first-order valence-electron chi connectivity index (χ1n) is 12.4. The summed E-state index contributed by atoms with van der Waals surface area (Å²) in [4.78, 5) is 15.9. The maximum absolute atomic E-state index is 11.8.